The summed E-state index contributed by atoms with van der Waals surface area (Å²) in [4.78, 5) is 58.0. The zero-order chi connectivity index (χ0) is 23.8. The number of carboxylic acids is 1. The monoisotopic (exact) mass is 468 g/mol. The van der Waals surface area contributed by atoms with E-state index in [4.69, 9.17) is 5.73 Å². The van der Waals surface area contributed by atoms with Crippen molar-refractivity contribution in [3.05, 3.63) is 18.2 Å². The second kappa shape index (κ2) is 11.9. The van der Waals surface area contributed by atoms with Crippen molar-refractivity contribution in [1.82, 2.24) is 25.5 Å². The Labute approximate surface area is 192 Å². The predicted octanol–water partition coefficient (Wildman–Crippen LogP) is -0.699. The van der Waals surface area contributed by atoms with Gasteiger partial charge in [-0.05, 0) is 18.8 Å². The van der Waals surface area contributed by atoms with Crippen LogP contribution in [0.2, 0.25) is 0 Å². The maximum Gasteiger partial charge on any atom is 0.326 e. The Hall–Kier alpha value is -2.60. The number of imidazole rings is 1. The summed E-state index contributed by atoms with van der Waals surface area (Å²) in [6, 6.07) is -3.72. The molecule has 32 heavy (non-hydrogen) atoms. The number of hydrogen-bond acceptors (Lipinski definition) is 7. The molecule has 5 atom stereocenters. The van der Waals surface area contributed by atoms with Gasteiger partial charge in [0.25, 0.3) is 0 Å². The van der Waals surface area contributed by atoms with Gasteiger partial charge in [0.05, 0.1) is 12.4 Å². The van der Waals surface area contributed by atoms with Crippen LogP contribution in [0.15, 0.2) is 12.5 Å². The number of thiol groups is 1. The molecule has 6 N–H and O–H groups in total. The average molecular weight is 469 g/mol. The van der Waals surface area contributed by atoms with Crippen LogP contribution in [0.25, 0.3) is 0 Å². The summed E-state index contributed by atoms with van der Waals surface area (Å²) >= 11 is 4.17. The maximum atomic E-state index is 13.0. The van der Waals surface area contributed by atoms with Crippen molar-refractivity contribution in [3.8, 4) is 0 Å². The number of carbonyl (C=O) groups excluding carboxylic acids is 3. The number of aliphatic carboxylic acids is 1. The topological polar surface area (TPSA) is 171 Å². The number of carbonyl (C=O) groups is 4. The van der Waals surface area contributed by atoms with Crippen LogP contribution in [0.3, 0.4) is 0 Å². The summed E-state index contributed by atoms with van der Waals surface area (Å²) < 4.78 is 0. The van der Waals surface area contributed by atoms with Crippen LogP contribution in [0.4, 0.5) is 0 Å². The molecule has 1 aromatic rings. The summed E-state index contributed by atoms with van der Waals surface area (Å²) in [5.74, 6) is -2.85. The highest BCUT2D eigenvalue weighted by Gasteiger charge is 2.38. The van der Waals surface area contributed by atoms with Gasteiger partial charge < -0.3 is 31.4 Å². The van der Waals surface area contributed by atoms with Gasteiger partial charge in [0.1, 0.15) is 18.1 Å². The highest BCUT2D eigenvalue weighted by Crippen LogP contribution is 2.19. The Morgan fingerprint density at radius 3 is 2.62 bits per heavy atom. The minimum absolute atomic E-state index is 0.00603. The fourth-order valence-electron chi connectivity index (χ4n) is 3.62. The third-order valence-electron chi connectivity index (χ3n) is 5.74. The number of carboxylic acid groups (broad SMARTS) is 1. The van der Waals surface area contributed by atoms with Crippen LogP contribution >= 0.6 is 12.6 Å². The van der Waals surface area contributed by atoms with E-state index in [1.807, 2.05) is 13.8 Å². The van der Waals surface area contributed by atoms with E-state index in [-0.39, 0.29) is 18.1 Å². The molecule has 0 saturated carbocycles. The van der Waals surface area contributed by atoms with Gasteiger partial charge in [-0.15, -0.1) is 0 Å². The van der Waals surface area contributed by atoms with Crippen LogP contribution in [-0.4, -0.2) is 80.1 Å². The maximum absolute atomic E-state index is 13.0. The molecule has 11 nitrogen and oxygen atoms in total. The van der Waals surface area contributed by atoms with Gasteiger partial charge in [-0.1, -0.05) is 20.3 Å². The molecule has 1 aliphatic heterocycles. The van der Waals surface area contributed by atoms with Crippen molar-refractivity contribution in [3.63, 3.8) is 0 Å². The summed E-state index contributed by atoms with van der Waals surface area (Å²) in [5.41, 5.74) is 6.67. The molecule has 1 aromatic heterocycles. The Kier molecular flexibility index (Phi) is 9.51. The SMILES string of the molecule is CCC(C)C(NC(=O)C(N)Cc1cnc[nH]1)C(=O)NC(CS)C(=O)N1CCCC1C(=O)O. The number of nitrogens with zero attached hydrogens (tertiary/aromatic N) is 2. The molecule has 1 aliphatic rings. The number of hydrogen-bond donors (Lipinski definition) is 6. The van der Waals surface area contributed by atoms with Crippen molar-refractivity contribution < 1.29 is 24.3 Å². The van der Waals surface area contributed by atoms with E-state index in [0.717, 1.165) is 0 Å². The summed E-state index contributed by atoms with van der Waals surface area (Å²) in [6.07, 6.45) is 4.82. The molecule has 2 rings (SSSR count). The number of nitrogens with two attached hydrogens (primary N) is 1. The lowest BCUT2D eigenvalue weighted by Crippen LogP contribution is -2.59. The van der Waals surface area contributed by atoms with E-state index in [1.54, 1.807) is 6.20 Å². The molecule has 1 fully saturated rings. The standard InChI is InChI=1S/C20H32N6O5S/c1-3-11(2)16(25-17(27)13(21)7-12-8-22-10-23-12)18(28)24-14(9-32)19(29)26-6-4-5-15(26)20(30)31/h8,10-11,13-16,32H,3-7,9,21H2,1-2H3,(H,22,23)(H,24,28)(H,25,27)(H,30,31). The first-order valence-corrected chi connectivity index (χ1v) is 11.3. The fourth-order valence-corrected chi connectivity index (χ4v) is 3.87. The third kappa shape index (κ3) is 6.45. The fraction of sp³-hybridized carbons (Fsp3) is 0.650. The molecular weight excluding hydrogens is 436 g/mol. The number of nitrogens with one attached hydrogen (secondary N) is 3. The normalized spacial score (nSPS) is 19.6. The van der Waals surface area contributed by atoms with Gasteiger partial charge in [0.15, 0.2) is 0 Å². The van der Waals surface area contributed by atoms with Crippen molar-refractivity contribution in [2.24, 2.45) is 11.7 Å². The van der Waals surface area contributed by atoms with Crippen LogP contribution in [-0.2, 0) is 25.6 Å². The van der Waals surface area contributed by atoms with Crippen molar-refractivity contribution in [1.29, 1.82) is 0 Å². The number of H-pyrrole nitrogens is 1. The highest BCUT2D eigenvalue weighted by atomic mass is 32.1. The lowest BCUT2D eigenvalue weighted by Gasteiger charge is -2.29. The molecule has 3 amide bonds. The van der Waals surface area contributed by atoms with Crippen LogP contribution in [0.1, 0.15) is 38.8 Å². The van der Waals surface area contributed by atoms with Gasteiger partial charge in [0.2, 0.25) is 17.7 Å². The smallest absolute Gasteiger partial charge is 0.326 e. The van der Waals surface area contributed by atoms with Crippen LogP contribution in [0.5, 0.6) is 0 Å². The van der Waals surface area contributed by atoms with E-state index in [2.05, 4.69) is 33.2 Å². The first kappa shape index (κ1) is 25.7. The van der Waals surface area contributed by atoms with Crippen LogP contribution < -0.4 is 16.4 Å². The Morgan fingerprint density at radius 2 is 2.06 bits per heavy atom. The molecule has 0 radical (unpaired) electrons. The van der Waals surface area contributed by atoms with E-state index in [0.29, 0.717) is 31.5 Å². The molecule has 2 heterocycles. The molecule has 178 valence electrons. The molecular formula is C20H32N6O5S. The summed E-state index contributed by atoms with van der Waals surface area (Å²) in [6.45, 7) is 4.00. The lowest BCUT2D eigenvalue weighted by atomic mass is 9.97. The number of aromatic nitrogens is 2. The Bertz CT molecular complexity index is 804. The summed E-state index contributed by atoms with van der Waals surface area (Å²) in [5, 5.41) is 14.7. The second-order valence-corrected chi connectivity index (χ2v) is 8.40. The Morgan fingerprint density at radius 1 is 1.34 bits per heavy atom. The lowest BCUT2D eigenvalue weighted by molar-refractivity contribution is -0.149. The zero-order valence-corrected chi connectivity index (χ0v) is 19.2. The van der Waals surface area contributed by atoms with E-state index < -0.39 is 47.9 Å². The van der Waals surface area contributed by atoms with Gasteiger partial charge in [-0.2, -0.15) is 12.6 Å². The summed E-state index contributed by atoms with van der Waals surface area (Å²) in [7, 11) is 0. The number of amides is 3. The molecule has 0 aromatic carbocycles. The Balaban J connectivity index is 2.06. The average Bonchev–Trinajstić information content (AvgIpc) is 3.46. The molecule has 12 heteroatoms. The van der Waals surface area contributed by atoms with Crippen molar-refractivity contribution in [2.75, 3.05) is 12.3 Å². The number of rotatable bonds is 11. The number of aromatic amines is 1. The van der Waals surface area contributed by atoms with E-state index >= 15 is 0 Å². The highest BCUT2D eigenvalue weighted by molar-refractivity contribution is 7.80. The van der Waals surface area contributed by atoms with E-state index in [1.165, 1.54) is 11.2 Å². The van der Waals surface area contributed by atoms with Gasteiger partial charge in [-0.3, -0.25) is 14.4 Å². The molecule has 0 bridgehead atoms. The minimum atomic E-state index is -1.07. The van der Waals surface area contributed by atoms with Crippen molar-refractivity contribution >= 4 is 36.3 Å². The largest absolute Gasteiger partial charge is 0.480 e. The molecule has 0 aliphatic carbocycles. The van der Waals surface area contributed by atoms with Crippen molar-refractivity contribution in [2.45, 2.75) is 63.7 Å². The molecule has 5 unspecified atom stereocenters. The van der Waals surface area contributed by atoms with Gasteiger partial charge in [0, 0.05) is 30.6 Å². The first-order valence-electron chi connectivity index (χ1n) is 10.7. The van der Waals surface area contributed by atoms with Gasteiger partial charge in [-0.25, -0.2) is 9.78 Å². The zero-order valence-electron chi connectivity index (χ0n) is 18.3. The quantitative estimate of drug-likeness (QED) is 0.233. The van der Waals surface area contributed by atoms with Gasteiger partial charge >= 0.3 is 5.97 Å². The third-order valence-corrected chi connectivity index (χ3v) is 6.11. The molecule has 1 saturated heterocycles. The minimum Gasteiger partial charge on any atom is -0.480 e. The molecule has 0 spiro atoms. The van der Waals surface area contributed by atoms with Crippen LogP contribution in [0, 0.1) is 5.92 Å². The number of likely N-dealkylation sites (tertiary alicyclic amines) is 1. The second-order valence-electron chi connectivity index (χ2n) is 8.03. The first-order chi connectivity index (χ1) is 15.2. The van der Waals surface area contributed by atoms with E-state index in [9.17, 15) is 24.3 Å². The predicted molar refractivity (Wildman–Crippen MR) is 120 cm³/mol.